The zero-order valence-electron chi connectivity index (χ0n) is 30.0. The molecule has 0 aliphatic heterocycles. The van der Waals surface area contributed by atoms with Crippen LogP contribution in [0.15, 0.2) is 97.1 Å². The number of para-hydroxylation sites is 2. The van der Waals surface area contributed by atoms with Crippen LogP contribution in [0.1, 0.15) is 58.2 Å². The molecule has 0 N–H and O–H groups in total. The summed E-state index contributed by atoms with van der Waals surface area (Å²) in [5.41, 5.74) is 5.80. The second-order valence-corrected chi connectivity index (χ2v) is 15.7. The minimum Gasteiger partial charge on any atom is -0.309 e. The van der Waals surface area contributed by atoms with Gasteiger partial charge in [0.15, 0.2) is 23.3 Å². The lowest BCUT2D eigenvalue weighted by molar-refractivity contribution is 0.381. The van der Waals surface area contributed by atoms with Crippen LogP contribution in [0.3, 0.4) is 0 Å². The maximum absolute atomic E-state index is 15.8. The molecule has 0 fully saturated rings. The predicted molar refractivity (Wildman–Crippen MR) is 202 cm³/mol. The number of nitrogens with zero attached hydrogens (tertiary/aromatic N) is 2. The first-order chi connectivity index (χ1) is 24.6. The topological polar surface area (TPSA) is 9.86 Å². The highest BCUT2D eigenvalue weighted by molar-refractivity contribution is 6.11. The van der Waals surface area contributed by atoms with Crippen LogP contribution < -0.4 is 0 Å². The summed E-state index contributed by atoms with van der Waals surface area (Å²) in [7, 11) is 0. The molecule has 2 aromatic heterocycles. The summed E-state index contributed by atoms with van der Waals surface area (Å²) < 4.78 is 80.0. The normalized spacial score (nSPS) is 12.6. The maximum atomic E-state index is 15.8. The number of rotatable bonds is 3. The summed E-state index contributed by atoms with van der Waals surface area (Å²) >= 11 is 0. The number of benzene rings is 6. The summed E-state index contributed by atoms with van der Waals surface area (Å²) in [4.78, 5) is 0. The van der Waals surface area contributed by atoms with Crippen molar-refractivity contribution in [3.63, 3.8) is 0 Å². The minimum atomic E-state index is -2.19. The molecular formula is C45H37F5N2. The Labute approximate surface area is 298 Å². The van der Waals surface area contributed by atoms with E-state index >= 15 is 8.78 Å². The molecule has 0 unspecified atom stereocenters. The molecule has 52 heavy (non-hydrogen) atoms. The Hall–Kier alpha value is -5.43. The molecule has 0 atom stereocenters. The lowest BCUT2D eigenvalue weighted by Crippen LogP contribution is -2.11. The Bertz CT molecular complexity index is 2740. The van der Waals surface area contributed by atoms with E-state index in [1.54, 1.807) is 6.07 Å². The molecule has 0 radical (unpaired) electrons. The van der Waals surface area contributed by atoms with E-state index in [4.69, 9.17) is 0 Å². The SMILES string of the molecule is Cc1c(-n2c3ccccc3c3cc(C(C)(C)C)ccc32)ccc(-c2c(F)c(F)c(F)c(F)c2F)c1-n1c2ccccc2c2cc(C(C)(C)C)ccc21. The van der Waals surface area contributed by atoms with E-state index in [2.05, 4.69) is 76.4 Å². The summed E-state index contributed by atoms with van der Waals surface area (Å²) in [5.74, 6) is -9.94. The largest absolute Gasteiger partial charge is 0.309 e. The maximum Gasteiger partial charge on any atom is 0.200 e. The molecule has 6 aromatic carbocycles. The van der Waals surface area contributed by atoms with Crippen LogP contribution in [-0.2, 0) is 10.8 Å². The van der Waals surface area contributed by atoms with Crippen molar-refractivity contribution < 1.29 is 22.0 Å². The molecular weight excluding hydrogens is 663 g/mol. The van der Waals surface area contributed by atoms with Crippen molar-refractivity contribution >= 4 is 43.6 Å². The summed E-state index contributed by atoms with van der Waals surface area (Å²) in [6.07, 6.45) is 0. The van der Waals surface area contributed by atoms with E-state index in [9.17, 15) is 13.2 Å². The molecule has 0 aliphatic rings. The van der Waals surface area contributed by atoms with Crippen molar-refractivity contribution in [2.24, 2.45) is 0 Å². The van der Waals surface area contributed by atoms with Gasteiger partial charge in [-0.15, -0.1) is 0 Å². The van der Waals surface area contributed by atoms with Gasteiger partial charge in [-0.25, -0.2) is 22.0 Å². The highest BCUT2D eigenvalue weighted by atomic mass is 19.2. The molecule has 2 heterocycles. The number of fused-ring (bicyclic) bond motifs is 6. The molecule has 0 saturated carbocycles. The Balaban J connectivity index is 1.55. The van der Waals surface area contributed by atoms with E-state index in [-0.39, 0.29) is 16.4 Å². The Kier molecular flexibility index (Phi) is 7.48. The molecule has 0 saturated heterocycles. The van der Waals surface area contributed by atoms with Crippen molar-refractivity contribution in [2.75, 3.05) is 0 Å². The molecule has 0 aliphatic carbocycles. The summed E-state index contributed by atoms with van der Waals surface area (Å²) in [6.45, 7) is 14.7. The third-order valence-electron chi connectivity index (χ3n) is 10.4. The minimum absolute atomic E-state index is 0.0978. The highest BCUT2D eigenvalue weighted by Gasteiger charge is 2.31. The molecule has 0 bridgehead atoms. The zero-order chi connectivity index (χ0) is 37.0. The molecule has 2 nitrogen and oxygen atoms in total. The van der Waals surface area contributed by atoms with Crippen LogP contribution in [0.25, 0.3) is 66.1 Å². The fraction of sp³-hybridized carbons (Fsp3) is 0.200. The molecule has 262 valence electrons. The van der Waals surface area contributed by atoms with E-state index in [1.807, 2.05) is 66.1 Å². The first-order valence-electron chi connectivity index (χ1n) is 17.3. The number of hydrogen-bond acceptors (Lipinski definition) is 0. The van der Waals surface area contributed by atoms with Gasteiger partial charge in [0.2, 0.25) is 5.82 Å². The first-order valence-corrected chi connectivity index (χ1v) is 17.3. The zero-order valence-corrected chi connectivity index (χ0v) is 30.0. The Morgan fingerprint density at radius 3 is 1.37 bits per heavy atom. The van der Waals surface area contributed by atoms with Crippen LogP contribution in [0.5, 0.6) is 0 Å². The van der Waals surface area contributed by atoms with Gasteiger partial charge in [-0.05, 0) is 83.0 Å². The second-order valence-electron chi connectivity index (χ2n) is 15.7. The lowest BCUT2D eigenvalue weighted by atomic mass is 9.86. The van der Waals surface area contributed by atoms with Crippen LogP contribution in [0.2, 0.25) is 0 Å². The van der Waals surface area contributed by atoms with Crippen molar-refractivity contribution in [1.29, 1.82) is 0 Å². The van der Waals surface area contributed by atoms with Crippen molar-refractivity contribution in [3.05, 3.63) is 143 Å². The van der Waals surface area contributed by atoms with Crippen LogP contribution in [0, 0.1) is 36.0 Å². The van der Waals surface area contributed by atoms with Gasteiger partial charge in [-0.2, -0.15) is 0 Å². The van der Waals surface area contributed by atoms with E-state index < -0.39 is 34.6 Å². The Morgan fingerprint density at radius 2 is 0.865 bits per heavy atom. The van der Waals surface area contributed by atoms with Crippen molar-refractivity contribution in [1.82, 2.24) is 9.13 Å². The first kappa shape index (κ1) is 33.7. The van der Waals surface area contributed by atoms with E-state index in [1.165, 1.54) is 11.6 Å². The standard InChI is InChI=1S/C45H37F5N2/c1-24-32(51-33-14-10-8-12-27(33)30-22-25(44(2,3)4)16-19-35(30)51)21-18-29(37-38(46)40(48)42(50)41(49)39(37)47)43(24)52-34-15-11-9-13-28(34)31-23-26(45(5,6)7)17-20-36(31)52/h8-23H,1-7H3. The van der Waals surface area contributed by atoms with Crippen molar-refractivity contribution in [2.45, 2.75) is 59.3 Å². The molecule has 8 rings (SSSR count). The summed E-state index contributed by atoms with van der Waals surface area (Å²) in [5, 5.41) is 3.87. The van der Waals surface area contributed by atoms with E-state index in [0.717, 1.165) is 49.2 Å². The molecule has 0 amide bonds. The molecule has 8 aromatic rings. The fourth-order valence-electron chi connectivity index (χ4n) is 7.64. The third-order valence-corrected chi connectivity index (χ3v) is 10.4. The van der Waals surface area contributed by atoms with Crippen LogP contribution in [-0.4, -0.2) is 9.13 Å². The fourth-order valence-corrected chi connectivity index (χ4v) is 7.64. The van der Waals surface area contributed by atoms with Crippen molar-refractivity contribution in [3.8, 4) is 22.5 Å². The van der Waals surface area contributed by atoms with Gasteiger partial charge < -0.3 is 9.13 Å². The number of halogens is 5. The van der Waals surface area contributed by atoms with Gasteiger partial charge >= 0.3 is 0 Å². The molecule has 7 heteroatoms. The average molecular weight is 701 g/mol. The number of aromatic nitrogens is 2. The average Bonchev–Trinajstić information content (AvgIpc) is 3.61. The van der Waals surface area contributed by atoms with Gasteiger partial charge in [0.25, 0.3) is 0 Å². The van der Waals surface area contributed by atoms with Gasteiger partial charge in [0.1, 0.15) is 0 Å². The van der Waals surface area contributed by atoms with Gasteiger partial charge in [-0.1, -0.05) is 90.1 Å². The highest BCUT2D eigenvalue weighted by Crippen LogP contribution is 2.44. The van der Waals surface area contributed by atoms with Gasteiger partial charge in [0.05, 0.1) is 39.0 Å². The quantitative estimate of drug-likeness (QED) is 0.0986. The number of hydrogen-bond donors (Lipinski definition) is 0. The second kappa shape index (κ2) is 11.5. The monoisotopic (exact) mass is 700 g/mol. The smallest absolute Gasteiger partial charge is 0.200 e. The lowest BCUT2D eigenvalue weighted by Gasteiger charge is -2.23. The predicted octanol–water partition coefficient (Wildman–Crippen LogP) is 13.1. The molecule has 0 spiro atoms. The third kappa shape index (κ3) is 4.89. The van der Waals surface area contributed by atoms with Gasteiger partial charge in [0, 0.05) is 27.1 Å². The van der Waals surface area contributed by atoms with E-state index in [0.29, 0.717) is 16.9 Å². The van der Waals surface area contributed by atoms with Crippen LogP contribution in [0.4, 0.5) is 22.0 Å². The van der Waals surface area contributed by atoms with Crippen LogP contribution >= 0.6 is 0 Å². The Morgan fingerprint density at radius 1 is 0.442 bits per heavy atom. The van der Waals surface area contributed by atoms with Gasteiger partial charge in [-0.3, -0.25) is 0 Å². The summed E-state index contributed by atoms with van der Waals surface area (Å²) in [6, 6.07) is 31.4.